The topological polar surface area (TPSA) is 15.7 Å². The lowest BCUT2D eigenvalue weighted by molar-refractivity contribution is -0.0498. The minimum absolute atomic E-state index is 0.219. The molecule has 2 atom stereocenters. The summed E-state index contributed by atoms with van der Waals surface area (Å²) in [6.07, 6.45) is 7.75. The average molecular weight is 385 g/mol. The summed E-state index contributed by atoms with van der Waals surface area (Å²) in [5.74, 6) is 1.05. The summed E-state index contributed by atoms with van der Waals surface area (Å²) < 4.78 is 31.4. The van der Waals surface area contributed by atoms with Crippen LogP contribution in [0.4, 0.5) is 8.78 Å². The van der Waals surface area contributed by atoms with Crippen LogP contribution in [0, 0.1) is 5.92 Å². The maximum Gasteiger partial charge on any atom is 0.387 e. The minimum atomic E-state index is -2.77. The molecule has 2 unspecified atom stereocenters. The SMILES string of the molecule is CC1CCCN(C2CCCCN(Sc3ccc(OC(F)F)cc3)CC2)C1. The van der Waals surface area contributed by atoms with E-state index in [0.717, 1.165) is 23.9 Å². The van der Waals surface area contributed by atoms with Gasteiger partial charge >= 0.3 is 6.61 Å². The molecular weight excluding hydrogens is 354 g/mol. The molecule has 146 valence electrons. The molecule has 0 amide bonds. The Bertz CT molecular complexity index is 543. The second-order valence-electron chi connectivity index (χ2n) is 7.55. The van der Waals surface area contributed by atoms with E-state index in [2.05, 4.69) is 20.9 Å². The van der Waals surface area contributed by atoms with Crippen LogP contribution in [0.5, 0.6) is 5.75 Å². The first-order chi connectivity index (χ1) is 12.6. The van der Waals surface area contributed by atoms with Crippen molar-refractivity contribution in [2.75, 3.05) is 26.2 Å². The Labute approximate surface area is 160 Å². The van der Waals surface area contributed by atoms with E-state index >= 15 is 0 Å². The van der Waals surface area contributed by atoms with Crippen LogP contribution in [-0.4, -0.2) is 48.0 Å². The van der Waals surface area contributed by atoms with Gasteiger partial charge in [-0.15, -0.1) is 0 Å². The van der Waals surface area contributed by atoms with Crippen molar-refractivity contribution in [2.45, 2.75) is 63.0 Å². The molecular formula is C20H30F2N2OS. The number of hydrogen-bond acceptors (Lipinski definition) is 4. The predicted octanol–water partition coefficient (Wildman–Crippen LogP) is 5.27. The Kier molecular flexibility index (Phi) is 7.58. The number of alkyl halides is 2. The van der Waals surface area contributed by atoms with Crippen LogP contribution in [0.3, 0.4) is 0 Å². The van der Waals surface area contributed by atoms with Crippen molar-refractivity contribution in [1.29, 1.82) is 0 Å². The summed E-state index contributed by atoms with van der Waals surface area (Å²) in [6.45, 7) is 4.28. The molecule has 0 spiro atoms. The zero-order valence-corrected chi connectivity index (χ0v) is 16.4. The molecule has 2 saturated heterocycles. The van der Waals surface area contributed by atoms with Gasteiger partial charge in [0.15, 0.2) is 0 Å². The molecule has 2 heterocycles. The molecule has 1 aromatic carbocycles. The average Bonchev–Trinajstić information content (AvgIpc) is 2.59. The van der Waals surface area contributed by atoms with Crippen molar-refractivity contribution in [3.8, 4) is 5.75 Å². The van der Waals surface area contributed by atoms with Crippen LogP contribution in [0.25, 0.3) is 0 Å². The van der Waals surface area contributed by atoms with Gasteiger partial charge in [0, 0.05) is 30.6 Å². The molecule has 0 aliphatic carbocycles. The van der Waals surface area contributed by atoms with Gasteiger partial charge in [-0.1, -0.05) is 13.3 Å². The largest absolute Gasteiger partial charge is 0.435 e. The molecule has 6 heteroatoms. The molecule has 2 aliphatic rings. The van der Waals surface area contributed by atoms with Crippen molar-refractivity contribution >= 4 is 11.9 Å². The first-order valence-electron chi connectivity index (χ1n) is 9.82. The van der Waals surface area contributed by atoms with Gasteiger partial charge in [0.1, 0.15) is 5.75 Å². The van der Waals surface area contributed by atoms with Gasteiger partial charge in [0.25, 0.3) is 0 Å². The Morgan fingerprint density at radius 2 is 1.81 bits per heavy atom. The number of rotatable bonds is 5. The van der Waals surface area contributed by atoms with E-state index in [9.17, 15) is 8.78 Å². The molecule has 1 aromatic rings. The third kappa shape index (κ3) is 6.10. The van der Waals surface area contributed by atoms with E-state index in [1.54, 1.807) is 24.1 Å². The van der Waals surface area contributed by atoms with Crippen molar-refractivity contribution < 1.29 is 13.5 Å². The van der Waals surface area contributed by atoms with Gasteiger partial charge in [-0.2, -0.15) is 8.78 Å². The summed E-state index contributed by atoms with van der Waals surface area (Å²) in [7, 11) is 0. The van der Waals surface area contributed by atoms with Crippen LogP contribution >= 0.6 is 11.9 Å². The highest BCUT2D eigenvalue weighted by Crippen LogP contribution is 2.29. The summed E-state index contributed by atoms with van der Waals surface area (Å²) >= 11 is 1.74. The molecule has 0 N–H and O–H groups in total. The second-order valence-corrected chi connectivity index (χ2v) is 8.72. The summed E-state index contributed by atoms with van der Waals surface area (Å²) in [6, 6.07) is 7.69. The Morgan fingerprint density at radius 3 is 2.54 bits per heavy atom. The highest BCUT2D eigenvalue weighted by molar-refractivity contribution is 7.97. The zero-order chi connectivity index (χ0) is 18.4. The van der Waals surface area contributed by atoms with E-state index in [0.29, 0.717) is 6.04 Å². The summed E-state index contributed by atoms with van der Waals surface area (Å²) in [5.41, 5.74) is 0. The molecule has 0 radical (unpaired) electrons. The first-order valence-corrected chi connectivity index (χ1v) is 10.6. The Hall–Kier alpha value is -0.850. The lowest BCUT2D eigenvalue weighted by atomic mass is 9.95. The number of likely N-dealkylation sites (tertiary alicyclic amines) is 1. The van der Waals surface area contributed by atoms with Crippen molar-refractivity contribution in [1.82, 2.24) is 9.21 Å². The third-order valence-corrected chi connectivity index (χ3v) is 6.50. The fraction of sp³-hybridized carbons (Fsp3) is 0.700. The number of benzene rings is 1. The monoisotopic (exact) mass is 384 g/mol. The van der Waals surface area contributed by atoms with Crippen LogP contribution < -0.4 is 4.74 Å². The zero-order valence-electron chi connectivity index (χ0n) is 15.6. The number of halogens is 2. The molecule has 2 fully saturated rings. The molecule has 0 saturated carbocycles. The molecule has 3 nitrogen and oxygen atoms in total. The fourth-order valence-corrected chi connectivity index (χ4v) is 5.04. The highest BCUT2D eigenvalue weighted by Gasteiger charge is 2.25. The predicted molar refractivity (Wildman–Crippen MR) is 103 cm³/mol. The number of piperidine rings is 1. The fourth-order valence-electron chi connectivity index (χ4n) is 4.06. The number of nitrogens with zero attached hydrogens (tertiary/aromatic N) is 2. The number of hydrogen-bond donors (Lipinski definition) is 0. The van der Waals surface area contributed by atoms with Crippen molar-refractivity contribution in [2.24, 2.45) is 5.92 Å². The van der Waals surface area contributed by atoms with Gasteiger partial charge in [-0.05, 0) is 80.8 Å². The van der Waals surface area contributed by atoms with Gasteiger partial charge in [0.2, 0.25) is 0 Å². The molecule has 0 aromatic heterocycles. The molecule has 2 aliphatic heterocycles. The maximum absolute atomic E-state index is 12.3. The standard InChI is InChI=1S/C20H30F2N2OS/c1-16-5-4-12-23(15-16)17-6-2-3-13-24(14-11-17)26-19-9-7-18(8-10-19)25-20(21)22/h7-10,16-17,20H,2-6,11-15H2,1H3. The van der Waals surface area contributed by atoms with Crippen LogP contribution in [0.15, 0.2) is 29.2 Å². The van der Waals surface area contributed by atoms with Gasteiger partial charge < -0.3 is 9.64 Å². The molecule has 26 heavy (non-hydrogen) atoms. The molecule has 0 bridgehead atoms. The van der Waals surface area contributed by atoms with Crippen molar-refractivity contribution in [3.63, 3.8) is 0 Å². The van der Waals surface area contributed by atoms with Crippen molar-refractivity contribution in [3.05, 3.63) is 24.3 Å². The summed E-state index contributed by atoms with van der Waals surface area (Å²) in [5, 5.41) is 0. The van der Waals surface area contributed by atoms with Crippen LogP contribution in [-0.2, 0) is 0 Å². The Balaban J connectivity index is 1.52. The summed E-state index contributed by atoms with van der Waals surface area (Å²) in [4.78, 5) is 3.80. The maximum atomic E-state index is 12.3. The van der Waals surface area contributed by atoms with E-state index in [-0.39, 0.29) is 5.75 Å². The van der Waals surface area contributed by atoms with E-state index in [4.69, 9.17) is 0 Å². The lowest BCUT2D eigenvalue weighted by Gasteiger charge is -2.39. The quantitative estimate of drug-likeness (QED) is 0.642. The molecule has 3 rings (SSSR count). The van der Waals surface area contributed by atoms with Crippen LogP contribution in [0.2, 0.25) is 0 Å². The minimum Gasteiger partial charge on any atom is -0.435 e. The van der Waals surface area contributed by atoms with Gasteiger partial charge in [-0.25, -0.2) is 4.31 Å². The van der Waals surface area contributed by atoms with Gasteiger partial charge in [0.05, 0.1) is 0 Å². The third-order valence-electron chi connectivity index (χ3n) is 5.39. The normalized spacial score (nSPS) is 26.5. The smallest absolute Gasteiger partial charge is 0.387 e. The van der Waals surface area contributed by atoms with E-state index in [1.165, 1.54) is 51.6 Å². The first kappa shape index (κ1) is 19.9. The van der Waals surface area contributed by atoms with Crippen LogP contribution in [0.1, 0.15) is 45.4 Å². The van der Waals surface area contributed by atoms with Gasteiger partial charge in [-0.3, -0.25) is 0 Å². The van der Waals surface area contributed by atoms with E-state index in [1.807, 2.05) is 12.1 Å². The highest BCUT2D eigenvalue weighted by atomic mass is 32.2. The Morgan fingerprint density at radius 1 is 1.00 bits per heavy atom. The lowest BCUT2D eigenvalue weighted by Crippen LogP contribution is -2.44. The van der Waals surface area contributed by atoms with E-state index < -0.39 is 6.61 Å². The number of ether oxygens (including phenoxy) is 1. The second kappa shape index (κ2) is 9.90.